The number of amides is 1. The van der Waals surface area contributed by atoms with Gasteiger partial charge in [-0.05, 0) is 40.8 Å². The molecule has 5 heteroatoms. The molecule has 1 saturated heterocycles. The summed E-state index contributed by atoms with van der Waals surface area (Å²) in [5.41, 5.74) is 3.35. The number of thioether (sulfide) groups is 1. The van der Waals surface area contributed by atoms with Gasteiger partial charge in [0.25, 0.3) is 5.91 Å². The second-order valence-corrected chi connectivity index (χ2v) is 7.83. The molecule has 0 aromatic heterocycles. The third kappa shape index (κ3) is 4.71. The van der Waals surface area contributed by atoms with Crippen molar-refractivity contribution in [3.63, 3.8) is 0 Å². The van der Waals surface area contributed by atoms with Gasteiger partial charge in [0.05, 0.1) is 4.91 Å². The molecule has 2 aromatic rings. The van der Waals surface area contributed by atoms with Gasteiger partial charge in [-0.15, -0.1) is 0 Å². The summed E-state index contributed by atoms with van der Waals surface area (Å²) in [7, 11) is 0. The Morgan fingerprint density at radius 2 is 1.80 bits per heavy atom. The van der Waals surface area contributed by atoms with Crippen LogP contribution in [0.4, 0.5) is 0 Å². The smallest absolute Gasteiger partial charge is 0.263 e. The number of hydrogen-bond donors (Lipinski definition) is 1. The van der Waals surface area contributed by atoms with Crippen LogP contribution in [0.2, 0.25) is 0 Å². The van der Waals surface area contributed by atoms with Crippen LogP contribution in [0.15, 0.2) is 53.4 Å². The van der Waals surface area contributed by atoms with Gasteiger partial charge < -0.3 is 10.1 Å². The molecule has 1 heterocycles. The predicted molar refractivity (Wildman–Crippen MR) is 108 cm³/mol. The average Bonchev–Trinajstić information content (AvgIpc) is 2.92. The fourth-order valence-corrected chi connectivity index (χ4v) is 3.44. The third-order valence-electron chi connectivity index (χ3n) is 3.87. The van der Waals surface area contributed by atoms with Crippen LogP contribution in [-0.4, -0.2) is 10.2 Å². The summed E-state index contributed by atoms with van der Waals surface area (Å²) in [5, 5.41) is 2.61. The minimum absolute atomic E-state index is 0.132. The minimum Gasteiger partial charge on any atom is -0.489 e. The Bertz CT molecular complexity index is 809. The average molecular weight is 370 g/mol. The topological polar surface area (TPSA) is 38.3 Å². The summed E-state index contributed by atoms with van der Waals surface area (Å²) in [4.78, 5) is 12.3. The van der Waals surface area contributed by atoms with E-state index in [4.69, 9.17) is 17.0 Å². The van der Waals surface area contributed by atoms with Gasteiger partial charge in [-0.25, -0.2) is 0 Å². The first-order valence-electron chi connectivity index (χ1n) is 8.08. The summed E-state index contributed by atoms with van der Waals surface area (Å²) < 4.78 is 6.33. The van der Waals surface area contributed by atoms with Gasteiger partial charge in [0, 0.05) is 0 Å². The maximum absolute atomic E-state index is 11.7. The second kappa shape index (κ2) is 7.85. The molecule has 1 aliphatic heterocycles. The number of nitrogens with one attached hydrogen (secondary N) is 1. The summed E-state index contributed by atoms with van der Waals surface area (Å²) in [6, 6.07) is 16.2. The highest BCUT2D eigenvalue weighted by molar-refractivity contribution is 8.26. The number of carbonyl (C=O) groups is 1. The SMILES string of the molecule is CC(C)c1ccc(OCc2ccc(C=C3SC(=S)NC3=O)cc2)cc1. The first-order valence-corrected chi connectivity index (χ1v) is 9.30. The molecular formula is C20H19NO2S2. The van der Waals surface area contributed by atoms with Crippen LogP contribution >= 0.6 is 24.0 Å². The van der Waals surface area contributed by atoms with E-state index in [2.05, 4.69) is 31.3 Å². The van der Waals surface area contributed by atoms with Crippen LogP contribution in [0.1, 0.15) is 36.5 Å². The predicted octanol–water partition coefficient (Wildman–Crippen LogP) is 4.88. The van der Waals surface area contributed by atoms with Crippen molar-refractivity contribution in [2.75, 3.05) is 0 Å². The van der Waals surface area contributed by atoms with Crippen molar-refractivity contribution in [3.8, 4) is 5.75 Å². The van der Waals surface area contributed by atoms with Gasteiger partial charge >= 0.3 is 0 Å². The fraction of sp³-hybridized carbons (Fsp3) is 0.200. The summed E-state index contributed by atoms with van der Waals surface area (Å²) >= 11 is 6.28. The number of thiocarbonyl (C=S) groups is 1. The molecule has 25 heavy (non-hydrogen) atoms. The van der Waals surface area contributed by atoms with Crippen LogP contribution in [-0.2, 0) is 11.4 Å². The van der Waals surface area contributed by atoms with Gasteiger partial charge in [0.15, 0.2) is 0 Å². The first-order chi connectivity index (χ1) is 12.0. The van der Waals surface area contributed by atoms with Crippen molar-refractivity contribution >= 4 is 40.3 Å². The zero-order valence-electron chi connectivity index (χ0n) is 14.1. The Morgan fingerprint density at radius 3 is 2.36 bits per heavy atom. The summed E-state index contributed by atoms with van der Waals surface area (Å²) in [5.74, 6) is 1.25. The van der Waals surface area contributed by atoms with Gasteiger partial charge in [0.2, 0.25) is 0 Å². The number of carbonyl (C=O) groups excluding carboxylic acids is 1. The molecule has 0 saturated carbocycles. The normalized spacial score (nSPS) is 15.7. The Balaban J connectivity index is 1.60. The van der Waals surface area contributed by atoms with Gasteiger partial charge in [-0.3, -0.25) is 4.79 Å². The molecule has 0 atom stereocenters. The highest BCUT2D eigenvalue weighted by Gasteiger charge is 2.21. The summed E-state index contributed by atoms with van der Waals surface area (Å²) in [6.45, 7) is 4.86. The monoisotopic (exact) mass is 369 g/mol. The maximum Gasteiger partial charge on any atom is 0.263 e. The lowest BCUT2D eigenvalue weighted by molar-refractivity contribution is -0.115. The van der Waals surface area contributed by atoms with E-state index in [1.54, 1.807) is 0 Å². The standard InChI is InChI=1S/C20H19NO2S2/c1-13(2)16-7-9-17(10-8-16)23-12-15-5-3-14(4-6-15)11-18-19(22)21-20(24)25-18/h3-11,13H,12H2,1-2H3,(H,21,22,24). The van der Waals surface area contributed by atoms with Crippen molar-refractivity contribution in [3.05, 3.63) is 70.1 Å². The molecule has 0 unspecified atom stereocenters. The molecule has 3 nitrogen and oxygen atoms in total. The number of hydrogen-bond acceptors (Lipinski definition) is 4. The van der Waals surface area contributed by atoms with Crippen molar-refractivity contribution in [1.29, 1.82) is 0 Å². The highest BCUT2D eigenvalue weighted by Crippen LogP contribution is 2.26. The molecular weight excluding hydrogens is 350 g/mol. The van der Waals surface area contributed by atoms with Crippen LogP contribution in [0.3, 0.4) is 0 Å². The zero-order valence-corrected chi connectivity index (χ0v) is 15.7. The first kappa shape index (κ1) is 17.7. The summed E-state index contributed by atoms with van der Waals surface area (Å²) in [6.07, 6.45) is 1.84. The molecule has 2 aromatic carbocycles. The molecule has 0 spiro atoms. The quantitative estimate of drug-likeness (QED) is 0.602. The van der Waals surface area contributed by atoms with E-state index in [-0.39, 0.29) is 5.91 Å². The zero-order chi connectivity index (χ0) is 17.8. The number of ether oxygens (including phenoxy) is 1. The van der Waals surface area contributed by atoms with Crippen molar-refractivity contribution in [1.82, 2.24) is 5.32 Å². The van der Waals surface area contributed by atoms with E-state index in [0.717, 1.165) is 16.9 Å². The Hall–Kier alpha value is -2.11. The van der Waals surface area contributed by atoms with Crippen molar-refractivity contribution in [2.24, 2.45) is 0 Å². The molecule has 0 aliphatic carbocycles. The van der Waals surface area contributed by atoms with E-state index in [1.807, 2.05) is 42.5 Å². The molecule has 1 fully saturated rings. The fourth-order valence-electron chi connectivity index (χ4n) is 2.40. The second-order valence-electron chi connectivity index (χ2n) is 6.11. The molecule has 3 rings (SSSR count). The Kier molecular flexibility index (Phi) is 5.56. The maximum atomic E-state index is 11.7. The van der Waals surface area contributed by atoms with Crippen LogP contribution < -0.4 is 10.1 Å². The van der Waals surface area contributed by atoms with E-state index in [1.165, 1.54) is 17.3 Å². The molecule has 128 valence electrons. The number of benzene rings is 2. The highest BCUT2D eigenvalue weighted by atomic mass is 32.2. The Morgan fingerprint density at radius 1 is 1.12 bits per heavy atom. The van der Waals surface area contributed by atoms with Crippen LogP contribution in [0.5, 0.6) is 5.75 Å². The van der Waals surface area contributed by atoms with E-state index in [0.29, 0.717) is 21.8 Å². The molecule has 1 amide bonds. The van der Waals surface area contributed by atoms with Crippen molar-refractivity contribution < 1.29 is 9.53 Å². The van der Waals surface area contributed by atoms with E-state index < -0.39 is 0 Å². The van der Waals surface area contributed by atoms with E-state index >= 15 is 0 Å². The third-order valence-corrected chi connectivity index (χ3v) is 5.03. The lowest BCUT2D eigenvalue weighted by Crippen LogP contribution is -2.17. The van der Waals surface area contributed by atoms with Gasteiger partial charge in [0.1, 0.15) is 16.7 Å². The van der Waals surface area contributed by atoms with Crippen LogP contribution in [0, 0.1) is 0 Å². The molecule has 0 bridgehead atoms. The number of rotatable bonds is 5. The van der Waals surface area contributed by atoms with Gasteiger partial charge in [-0.1, -0.05) is 74.2 Å². The van der Waals surface area contributed by atoms with Crippen LogP contribution in [0.25, 0.3) is 6.08 Å². The van der Waals surface area contributed by atoms with Crippen molar-refractivity contribution in [2.45, 2.75) is 26.4 Å². The van der Waals surface area contributed by atoms with Gasteiger partial charge in [-0.2, -0.15) is 0 Å². The molecule has 1 N–H and O–H groups in total. The van der Waals surface area contributed by atoms with E-state index in [9.17, 15) is 4.79 Å². The largest absolute Gasteiger partial charge is 0.489 e. The molecule has 1 aliphatic rings. The Labute approximate surface area is 157 Å². The lowest BCUT2D eigenvalue weighted by Gasteiger charge is -2.09. The lowest BCUT2D eigenvalue weighted by atomic mass is 10.0. The molecule has 0 radical (unpaired) electrons. The minimum atomic E-state index is -0.132.